The smallest absolute Gasteiger partial charge is 0.412 e. The number of hydrogen-bond donors (Lipinski definition) is 2. The minimum absolute atomic E-state index is 0.00143. The van der Waals surface area contributed by atoms with Crippen LogP contribution in [0.1, 0.15) is 43.1 Å². The van der Waals surface area contributed by atoms with E-state index in [0.717, 1.165) is 60.0 Å². The van der Waals surface area contributed by atoms with Gasteiger partial charge in [0.15, 0.2) is 0 Å². The lowest BCUT2D eigenvalue weighted by Crippen LogP contribution is -2.42. The Hall–Kier alpha value is -3.88. The van der Waals surface area contributed by atoms with Crippen LogP contribution in [0.2, 0.25) is 0 Å². The molecule has 8 nitrogen and oxygen atoms in total. The molecule has 1 aromatic carbocycles. The number of ether oxygens (including phenoxy) is 2. The van der Waals surface area contributed by atoms with Gasteiger partial charge in [-0.15, -0.1) is 0 Å². The second-order valence-electron chi connectivity index (χ2n) is 12.4. The van der Waals surface area contributed by atoms with Gasteiger partial charge >= 0.3 is 12.4 Å². The number of allylic oxidation sites excluding steroid dienone is 4. The SMILES string of the molecule is COc1ccc(CCc2ncc[nH]2)cc1C1=C(CN2C(O)OC(C3=CC(C(F)(F)F)CC(C(F)(F)F)=C3)C2C)N=C(N2CCC2)CC=C1. The maximum absolute atomic E-state index is 13.7. The number of nitrogens with zero attached hydrogens (tertiary/aromatic N) is 4. The molecule has 4 unspecified atom stereocenters. The molecule has 4 atom stereocenters. The maximum atomic E-state index is 13.7. The number of nitrogens with one attached hydrogen (secondary N) is 1. The molecule has 2 fully saturated rings. The van der Waals surface area contributed by atoms with Crippen molar-refractivity contribution in [1.29, 1.82) is 0 Å². The van der Waals surface area contributed by atoms with E-state index in [1.54, 1.807) is 26.4 Å². The van der Waals surface area contributed by atoms with Crippen LogP contribution in [0.15, 0.2) is 76.7 Å². The third-order valence-electron chi connectivity index (χ3n) is 9.27. The van der Waals surface area contributed by atoms with Crippen molar-refractivity contribution in [2.75, 3.05) is 26.7 Å². The summed E-state index contributed by atoms with van der Waals surface area (Å²) in [5.41, 5.74) is 1.50. The first-order valence-corrected chi connectivity index (χ1v) is 15.8. The summed E-state index contributed by atoms with van der Waals surface area (Å²) < 4.78 is 93.7. The molecule has 3 aliphatic heterocycles. The number of imidazole rings is 1. The Morgan fingerprint density at radius 3 is 2.56 bits per heavy atom. The number of aliphatic hydroxyl groups is 1. The van der Waals surface area contributed by atoms with Crippen molar-refractivity contribution >= 4 is 11.4 Å². The summed E-state index contributed by atoms with van der Waals surface area (Å²) in [6, 6.07) is 5.07. The van der Waals surface area contributed by atoms with Crippen molar-refractivity contribution in [3.63, 3.8) is 0 Å². The first-order chi connectivity index (χ1) is 22.8. The molecule has 0 saturated carbocycles. The topological polar surface area (TPSA) is 86.2 Å². The number of H-pyrrole nitrogens is 1. The van der Waals surface area contributed by atoms with Gasteiger partial charge in [-0.3, -0.25) is 0 Å². The standard InChI is InChI=1S/C34H37F6N5O3/c1-20-31(22-16-23(33(35,36)37)18-24(17-22)34(38,39)40)48-32(46)45(20)19-27-25(5-3-6-30(43-27)44-13-4-14-44)26-15-21(7-9-28(26)47-2)8-10-29-41-11-12-42-29/h3,5,7,9,11-12,15-17,20,23,31-32,46H,4,6,8,10,13-14,18-19H2,1-2H3,(H,41,42). The van der Waals surface area contributed by atoms with Crippen molar-refractivity contribution in [2.24, 2.45) is 10.9 Å². The molecular weight excluding hydrogens is 640 g/mol. The molecule has 48 heavy (non-hydrogen) atoms. The van der Waals surface area contributed by atoms with Crippen LogP contribution in [-0.2, 0) is 17.6 Å². The number of alkyl halides is 6. The fourth-order valence-corrected chi connectivity index (χ4v) is 6.47. The van der Waals surface area contributed by atoms with Crippen LogP contribution in [0, 0.1) is 5.92 Å². The van der Waals surface area contributed by atoms with Gasteiger partial charge in [-0.05, 0) is 55.5 Å². The summed E-state index contributed by atoms with van der Waals surface area (Å²) in [6.07, 6.45) is -2.00. The molecule has 4 aliphatic rings. The lowest BCUT2D eigenvalue weighted by atomic mass is 9.86. The monoisotopic (exact) mass is 677 g/mol. The minimum Gasteiger partial charge on any atom is -0.496 e. The number of aryl methyl sites for hydroxylation is 2. The van der Waals surface area contributed by atoms with E-state index in [-0.39, 0.29) is 12.1 Å². The van der Waals surface area contributed by atoms with Crippen molar-refractivity contribution in [1.82, 2.24) is 19.8 Å². The summed E-state index contributed by atoms with van der Waals surface area (Å²) in [5, 5.41) is 11.1. The largest absolute Gasteiger partial charge is 0.496 e. The number of aromatic nitrogens is 2. The van der Waals surface area contributed by atoms with Crippen LogP contribution in [0.4, 0.5) is 26.3 Å². The third-order valence-corrected chi connectivity index (χ3v) is 9.27. The Bertz CT molecular complexity index is 1640. The molecule has 2 aromatic rings. The summed E-state index contributed by atoms with van der Waals surface area (Å²) in [5.74, 6) is -0.0523. The Balaban J connectivity index is 1.36. The van der Waals surface area contributed by atoms with Crippen molar-refractivity contribution in [3.05, 3.63) is 88.7 Å². The van der Waals surface area contributed by atoms with E-state index in [2.05, 4.69) is 14.9 Å². The van der Waals surface area contributed by atoms with Crippen LogP contribution in [0.5, 0.6) is 5.75 Å². The lowest BCUT2D eigenvalue weighted by Gasteiger charge is -2.34. The van der Waals surface area contributed by atoms with Gasteiger partial charge in [0.1, 0.15) is 23.5 Å². The van der Waals surface area contributed by atoms with Gasteiger partial charge in [-0.2, -0.15) is 26.3 Å². The zero-order valence-corrected chi connectivity index (χ0v) is 26.5. The first kappa shape index (κ1) is 34.0. The van der Waals surface area contributed by atoms with Gasteiger partial charge < -0.3 is 24.5 Å². The Kier molecular flexibility index (Phi) is 9.60. The van der Waals surface area contributed by atoms with Gasteiger partial charge in [0.2, 0.25) is 6.41 Å². The van der Waals surface area contributed by atoms with E-state index >= 15 is 0 Å². The number of aliphatic imine (C=N–C) groups is 1. The predicted molar refractivity (Wildman–Crippen MR) is 167 cm³/mol. The van der Waals surface area contributed by atoms with Gasteiger partial charge in [0, 0.05) is 67.6 Å². The Labute approximate surface area is 274 Å². The highest BCUT2D eigenvalue weighted by molar-refractivity contribution is 5.91. The molecular formula is C34H37F6N5O3. The highest BCUT2D eigenvalue weighted by Crippen LogP contribution is 2.44. The van der Waals surface area contributed by atoms with Crippen molar-refractivity contribution in [3.8, 4) is 5.75 Å². The molecule has 0 radical (unpaired) electrons. The molecule has 258 valence electrons. The Morgan fingerprint density at radius 1 is 1.12 bits per heavy atom. The van der Waals surface area contributed by atoms with E-state index in [9.17, 15) is 31.4 Å². The number of aliphatic hydroxyl groups excluding tert-OH is 1. The van der Waals surface area contributed by atoms with Crippen LogP contribution in [-0.4, -0.2) is 88.4 Å². The van der Waals surface area contributed by atoms with Crippen LogP contribution >= 0.6 is 0 Å². The molecule has 6 rings (SSSR count). The molecule has 0 bridgehead atoms. The normalized spacial score (nSPS) is 25.4. The van der Waals surface area contributed by atoms with Gasteiger partial charge in [-0.1, -0.05) is 24.3 Å². The van der Waals surface area contributed by atoms with Crippen LogP contribution < -0.4 is 4.74 Å². The van der Waals surface area contributed by atoms with E-state index in [1.165, 1.54) is 4.90 Å². The zero-order chi connectivity index (χ0) is 34.2. The second-order valence-corrected chi connectivity index (χ2v) is 12.4. The lowest BCUT2D eigenvalue weighted by molar-refractivity contribution is -0.166. The van der Waals surface area contributed by atoms with E-state index < -0.39 is 48.8 Å². The quantitative estimate of drug-likeness (QED) is 0.318. The summed E-state index contributed by atoms with van der Waals surface area (Å²) in [4.78, 5) is 16.1. The van der Waals surface area contributed by atoms with Crippen LogP contribution in [0.25, 0.3) is 5.57 Å². The average molecular weight is 678 g/mol. The van der Waals surface area contributed by atoms with Crippen LogP contribution in [0.3, 0.4) is 0 Å². The van der Waals surface area contributed by atoms with E-state index in [0.29, 0.717) is 30.7 Å². The van der Waals surface area contributed by atoms with Gasteiger partial charge in [-0.25, -0.2) is 14.9 Å². The first-order valence-electron chi connectivity index (χ1n) is 15.8. The number of amidine groups is 1. The maximum Gasteiger partial charge on any atom is 0.412 e. The number of likely N-dealkylation sites (tertiary alicyclic amines) is 1. The number of methoxy groups -OCH3 is 1. The molecule has 1 aliphatic carbocycles. The van der Waals surface area contributed by atoms with E-state index in [4.69, 9.17) is 14.5 Å². The summed E-state index contributed by atoms with van der Waals surface area (Å²) >= 11 is 0. The number of rotatable bonds is 8. The Morgan fingerprint density at radius 2 is 1.92 bits per heavy atom. The molecule has 2 saturated heterocycles. The van der Waals surface area contributed by atoms with Gasteiger partial charge in [0.05, 0.1) is 18.7 Å². The molecule has 14 heteroatoms. The van der Waals surface area contributed by atoms with Gasteiger partial charge in [0.25, 0.3) is 0 Å². The number of hydrogen-bond acceptors (Lipinski definition) is 7. The summed E-state index contributed by atoms with van der Waals surface area (Å²) in [6.45, 7) is 3.30. The fourth-order valence-electron chi connectivity index (χ4n) is 6.47. The second kappa shape index (κ2) is 13.6. The molecule has 0 spiro atoms. The highest BCUT2D eigenvalue weighted by Gasteiger charge is 2.48. The highest BCUT2D eigenvalue weighted by atomic mass is 19.4. The predicted octanol–water partition coefficient (Wildman–Crippen LogP) is 6.34. The molecule has 1 aromatic heterocycles. The zero-order valence-electron chi connectivity index (χ0n) is 26.5. The third kappa shape index (κ3) is 7.25. The van der Waals surface area contributed by atoms with Crippen molar-refractivity contribution in [2.45, 2.75) is 69.9 Å². The minimum atomic E-state index is -4.94. The molecule has 4 heterocycles. The number of halogens is 6. The van der Waals surface area contributed by atoms with Crippen molar-refractivity contribution < 1.29 is 40.9 Å². The molecule has 2 N–H and O–H groups in total. The fraction of sp³-hybridized carbons (Fsp3) is 0.471. The van der Waals surface area contributed by atoms with E-state index in [1.807, 2.05) is 30.4 Å². The number of benzene rings is 1. The summed E-state index contributed by atoms with van der Waals surface area (Å²) in [7, 11) is 1.57. The molecule has 0 amide bonds. The number of aromatic amines is 1. The average Bonchev–Trinajstić information content (AvgIpc) is 3.57.